The lowest BCUT2D eigenvalue weighted by molar-refractivity contribution is -0.147. The molecule has 2 amide bonds. The van der Waals surface area contributed by atoms with Crippen molar-refractivity contribution in [2.45, 2.75) is 142 Å². The Bertz CT molecular complexity index is 1380. The van der Waals surface area contributed by atoms with Crippen LogP contribution in [0.5, 0.6) is 0 Å². The highest BCUT2D eigenvalue weighted by atomic mass is 16.5. The van der Waals surface area contributed by atoms with Gasteiger partial charge in [-0.2, -0.15) is 4.98 Å². The fraction of sp³-hybridized carbons (Fsp3) is 0.634. The van der Waals surface area contributed by atoms with Crippen molar-refractivity contribution in [2.75, 3.05) is 31.7 Å². The molecule has 1 aromatic heterocycles. The molecule has 0 fully saturated rings. The molecule has 11 nitrogen and oxygen atoms in total. The van der Waals surface area contributed by atoms with Gasteiger partial charge in [0.1, 0.15) is 13.1 Å². The second-order valence-corrected chi connectivity index (χ2v) is 13.7. The van der Waals surface area contributed by atoms with Crippen LogP contribution in [0.4, 0.5) is 10.8 Å². The second-order valence-electron chi connectivity index (χ2n) is 13.7. The molecule has 2 N–H and O–H groups in total. The second kappa shape index (κ2) is 26.6. The average molecular weight is 722 g/mol. The molecular weight excluding hydrogens is 658 g/mol. The van der Waals surface area contributed by atoms with Gasteiger partial charge in [-0.05, 0) is 23.6 Å². The van der Waals surface area contributed by atoms with E-state index >= 15 is 0 Å². The fourth-order valence-electron chi connectivity index (χ4n) is 6.14. The molecule has 0 saturated heterocycles. The van der Waals surface area contributed by atoms with E-state index in [1.165, 1.54) is 89.9 Å². The van der Waals surface area contributed by atoms with E-state index in [0.29, 0.717) is 5.82 Å². The van der Waals surface area contributed by atoms with Crippen molar-refractivity contribution >= 4 is 34.8 Å². The zero-order chi connectivity index (χ0) is 37.1. The maximum Gasteiger partial charge on any atom is 0.340 e. The minimum absolute atomic E-state index is 0.0525. The van der Waals surface area contributed by atoms with Gasteiger partial charge in [-0.15, -0.1) is 0 Å². The zero-order valence-electron chi connectivity index (χ0n) is 31.8. The molecule has 288 valence electrons. The number of amides is 2. The van der Waals surface area contributed by atoms with Gasteiger partial charge in [0.25, 0.3) is 0 Å². The van der Waals surface area contributed by atoms with Crippen LogP contribution < -0.4 is 10.9 Å². The van der Waals surface area contributed by atoms with Gasteiger partial charge in [-0.25, -0.2) is 15.6 Å². The van der Waals surface area contributed by atoms with Gasteiger partial charge >= 0.3 is 24.0 Å². The predicted molar refractivity (Wildman–Crippen MR) is 207 cm³/mol. The SMILES string of the molecule is CCCCCCCCCCCCOC(=O)CN(CC(=O)OCCCCCCCCCCCC)C(=O)NNc1nc(-c2cccc3ccccc23)no1. The van der Waals surface area contributed by atoms with E-state index in [9.17, 15) is 14.4 Å². The van der Waals surface area contributed by atoms with E-state index in [2.05, 4.69) is 34.8 Å². The lowest BCUT2D eigenvalue weighted by atomic mass is 10.0. The number of aromatic nitrogens is 2. The molecule has 0 bridgehead atoms. The number of rotatable bonds is 29. The minimum atomic E-state index is -0.739. The first-order valence-electron chi connectivity index (χ1n) is 20.0. The molecule has 0 aliphatic carbocycles. The number of carbonyl (C=O) groups is 3. The van der Waals surface area contributed by atoms with Gasteiger partial charge in [-0.1, -0.05) is 177 Å². The first-order chi connectivity index (χ1) is 25.5. The molecule has 0 spiro atoms. The minimum Gasteiger partial charge on any atom is -0.464 e. The van der Waals surface area contributed by atoms with E-state index in [1.807, 2.05) is 42.5 Å². The number of carbonyl (C=O) groups excluding carboxylic acids is 3. The van der Waals surface area contributed by atoms with Crippen LogP contribution in [0.15, 0.2) is 47.0 Å². The number of nitrogens with zero attached hydrogens (tertiary/aromatic N) is 3. The van der Waals surface area contributed by atoms with Crippen molar-refractivity contribution in [3.63, 3.8) is 0 Å². The lowest BCUT2D eigenvalue weighted by Gasteiger charge is -2.21. The van der Waals surface area contributed by atoms with Crippen molar-refractivity contribution in [1.82, 2.24) is 20.5 Å². The van der Waals surface area contributed by atoms with Crippen LogP contribution in [0.1, 0.15) is 142 Å². The third kappa shape index (κ3) is 17.4. The molecule has 0 radical (unpaired) electrons. The van der Waals surface area contributed by atoms with E-state index in [-0.39, 0.29) is 19.2 Å². The number of urea groups is 1. The number of hydrazine groups is 1. The number of anilines is 1. The quantitative estimate of drug-likeness (QED) is 0.0408. The van der Waals surface area contributed by atoms with Crippen LogP contribution in [0.25, 0.3) is 22.2 Å². The van der Waals surface area contributed by atoms with Crippen molar-refractivity contribution in [2.24, 2.45) is 0 Å². The van der Waals surface area contributed by atoms with Crippen molar-refractivity contribution in [3.8, 4) is 11.4 Å². The van der Waals surface area contributed by atoms with Gasteiger partial charge in [0.2, 0.25) is 5.82 Å². The fourth-order valence-corrected chi connectivity index (χ4v) is 6.14. The molecule has 52 heavy (non-hydrogen) atoms. The van der Waals surface area contributed by atoms with Crippen LogP contribution in [-0.4, -0.2) is 59.3 Å². The molecule has 0 aliphatic heterocycles. The molecular formula is C41H63N5O6. The monoisotopic (exact) mass is 721 g/mol. The van der Waals surface area contributed by atoms with Crippen molar-refractivity contribution in [1.29, 1.82) is 0 Å². The number of nitrogens with one attached hydrogen (secondary N) is 2. The zero-order valence-corrected chi connectivity index (χ0v) is 31.8. The molecule has 11 heteroatoms. The van der Waals surface area contributed by atoms with E-state index in [4.69, 9.17) is 14.0 Å². The third-order valence-electron chi connectivity index (χ3n) is 9.18. The Morgan fingerprint density at radius 1 is 0.635 bits per heavy atom. The first kappa shape index (κ1) is 42.3. The standard InChI is InChI=1S/C41H63N5O6/c1-3-5-7-9-11-13-15-17-19-23-30-50-37(47)32-46(33-38(48)51-31-24-20-18-16-14-12-10-8-6-4-2)41(49)44-43-40-42-39(45-52-40)36-29-25-27-34-26-21-22-28-35(34)36/h21-22,25-29H,3-20,23-24,30-33H2,1-2H3,(H,44,49)(H,42,43,45). The molecule has 0 aliphatic rings. The van der Waals surface area contributed by atoms with Gasteiger partial charge in [-0.3, -0.25) is 9.59 Å². The summed E-state index contributed by atoms with van der Waals surface area (Å²) in [4.78, 5) is 44.1. The Morgan fingerprint density at radius 2 is 1.12 bits per heavy atom. The maximum atomic E-state index is 13.2. The Kier molecular flexibility index (Phi) is 21.6. The number of unbranched alkanes of at least 4 members (excludes halogenated alkanes) is 18. The number of hydrogen-bond acceptors (Lipinski definition) is 9. The maximum absolute atomic E-state index is 13.2. The van der Waals surface area contributed by atoms with Crippen LogP contribution >= 0.6 is 0 Å². The van der Waals surface area contributed by atoms with Gasteiger partial charge in [0.15, 0.2) is 0 Å². The molecule has 3 rings (SSSR count). The Hall–Kier alpha value is -4.15. The smallest absolute Gasteiger partial charge is 0.340 e. The summed E-state index contributed by atoms with van der Waals surface area (Å²) in [6, 6.07) is 12.9. The summed E-state index contributed by atoms with van der Waals surface area (Å²) in [5.41, 5.74) is 5.84. The summed E-state index contributed by atoms with van der Waals surface area (Å²) < 4.78 is 16.2. The summed E-state index contributed by atoms with van der Waals surface area (Å²) in [7, 11) is 0. The Labute approximate surface area is 310 Å². The van der Waals surface area contributed by atoms with Gasteiger partial charge in [0, 0.05) is 5.56 Å². The van der Waals surface area contributed by atoms with Crippen LogP contribution in [0.2, 0.25) is 0 Å². The molecule has 0 unspecified atom stereocenters. The Morgan fingerprint density at radius 3 is 1.65 bits per heavy atom. The van der Waals surface area contributed by atoms with E-state index in [1.54, 1.807) is 0 Å². The van der Waals surface area contributed by atoms with E-state index < -0.39 is 31.1 Å². The number of hydrogen-bond donors (Lipinski definition) is 2. The van der Waals surface area contributed by atoms with Crippen LogP contribution in [-0.2, 0) is 19.1 Å². The summed E-state index contributed by atoms with van der Waals surface area (Å²) in [6.45, 7) is 4.17. The lowest BCUT2D eigenvalue weighted by Crippen LogP contribution is -2.47. The molecule has 3 aromatic rings. The highest BCUT2D eigenvalue weighted by Gasteiger charge is 2.23. The molecule has 0 saturated carbocycles. The summed E-state index contributed by atoms with van der Waals surface area (Å²) >= 11 is 0. The average Bonchev–Trinajstić information content (AvgIpc) is 3.63. The topological polar surface area (TPSA) is 136 Å². The number of fused-ring (bicyclic) bond motifs is 1. The van der Waals surface area contributed by atoms with Gasteiger partial charge < -0.3 is 18.9 Å². The molecule has 2 aromatic carbocycles. The third-order valence-corrected chi connectivity index (χ3v) is 9.18. The van der Waals surface area contributed by atoms with Crippen LogP contribution in [0.3, 0.4) is 0 Å². The summed E-state index contributed by atoms with van der Waals surface area (Å²) in [5, 5.41) is 6.04. The summed E-state index contributed by atoms with van der Waals surface area (Å²) in [5.74, 6) is -0.842. The molecule has 1 heterocycles. The normalized spacial score (nSPS) is 11.0. The largest absolute Gasteiger partial charge is 0.464 e. The molecule has 0 atom stereocenters. The first-order valence-corrected chi connectivity index (χ1v) is 20.0. The Balaban J connectivity index is 1.44. The van der Waals surface area contributed by atoms with E-state index in [0.717, 1.165) is 59.8 Å². The number of ether oxygens (including phenoxy) is 2. The van der Waals surface area contributed by atoms with Gasteiger partial charge in [0.05, 0.1) is 13.2 Å². The number of benzene rings is 2. The van der Waals surface area contributed by atoms with Crippen molar-refractivity contribution in [3.05, 3.63) is 42.5 Å². The highest BCUT2D eigenvalue weighted by molar-refractivity contribution is 5.95. The number of esters is 2. The summed E-state index contributed by atoms with van der Waals surface area (Å²) in [6.07, 6.45) is 23.5. The highest BCUT2D eigenvalue weighted by Crippen LogP contribution is 2.27. The van der Waals surface area contributed by atoms with Crippen LogP contribution in [0, 0.1) is 0 Å². The predicted octanol–water partition coefficient (Wildman–Crippen LogP) is 10.2. The van der Waals surface area contributed by atoms with Crippen molar-refractivity contribution < 1.29 is 28.4 Å².